The number of halogens is 1. The summed E-state index contributed by atoms with van der Waals surface area (Å²) in [7, 11) is 0. The molecule has 8 nitrogen and oxygen atoms in total. The Hall–Kier alpha value is -0.352. The second kappa shape index (κ2) is 13.1. The summed E-state index contributed by atoms with van der Waals surface area (Å²) in [5, 5.41) is 33.6. The Morgan fingerprint density at radius 2 is 1.75 bits per heavy atom. The SMILES string of the molecule is [CH2-]C(C)(C)C(C)(C)[CH-]Oc1ccc(/C=C(\C)C(=O)NC2[C@@H](O)[C@@H]3OCO[C@@H]3[C@H](O)[C@H]2O)cc1F.[V].[Y]. The summed E-state index contributed by atoms with van der Waals surface area (Å²) in [6, 6.07) is 3.15. The summed E-state index contributed by atoms with van der Waals surface area (Å²) in [5.74, 6) is -1.14. The van der Waals surface area contributed by atoms with Crippen molar-refractivity contribution < 1.29 is 90.0 Å². The quantitative estimate of drug-likeness (QED) is 0.273. The van der Waals surface area contributed by atoms with Gasteiger partial charge in [-0.05, 0) is 30.7 Å². The predicted octanol–water partition coefficient (Wildman–Crippen LogP) is 1.97. The van der Waals surface area contributed by atoms with Gasteiger partial charge in [-0.15, -0.1) is 0 Å². The molecule has 2 aliphatic rings. The molecule has 0 spiro atoms. The van der Waals surface area contributed by atoms with Crippen molar-refractivity contribution in [1.82, 2.24) is 5.32 Å². The van der Waals surface area contributed by atoms with Crippen molar-refractivity contribution in [2.45, 2.75) is 71.2 Å². The van der Waals surface area contributed by atoms with Gasteiger partial charge in [-0.1, -0.05) is 33.8 Å². The van der Waals surface area contributed by atoms with Crippen molar-refractivity contribution in [3.05, 3.63) is 48.7 Å². The molecule has 11 heteroatoms. The summed E-state index contributed by atoms with van der Waals surface area (Å²) < 4.78 is 30.6. The van der Waals surface area contributed by atoms with E-state index < -0.39 is 53.7 Å². The molecule has 2 radical (unpaired) electrons. The van der Waals surface area contributed by atoms with Crippen LogP contribution in [0.1, 0.15) is 40.2 Å². The van der Waals surface area contributed by atoms with E-state index in [1.165, 1.54) is 25.1 Å². The predicted molar refractivity (Wildman–Crippen MR) is 122 cm³/mol. The number of amides is 1. The van der Waals surface area contributed by atoms with E-state index in [1.807, 2.05) is 27.7 Å². The minimum atomic E-state index is -1.45. The minimum absolute atomic E-state index is 0. The second-order valence-corrected chi connectivity index (χ2v) is 10.2. The number of fused-ring (bicyclic) bond motifs is 1. The summed E-state index contributed by atoms with van der Waals surface area (Å²) in [5.41, 5.74) is -0.112. The standard InChI is InChI=1S/C25H34FNO7.V.Y/c1-13(23(31)27-17-18(28)20(30)22-21(19(17)29)33-12-34-22)9-14-7-8-16(15(26)10-14)32-11-25(5,6)24(2,3)4;;/h7-11,17-22,28-30H,2,12H2,1,3-6H3,(H,27,31);;/q-2;;/b13-9+;;/t17?,18-,19+,20+,21-,22+;;/m0../s1. The van der Waals surface area contributed by atoms with Gasteiger partial charge >= 0.3 is 0 Å². The Morgan fingerprint density at radius 3 is 2.31 bits per heavy atom. The van der Waals surface area contributed by atoms with Gasteiger partial charge in [0.25, 0.3) is 0 Å². The van der Waals surface area contributed by atoms with Gasteiger partial charge in [0.2, 0.25) is 5.91 Å². The van der Waals surface area contributed by atoms with Crippen LogP contribution in [0.2, 0.25) is 0 Å². The molecule has 0 bridgehead atoms. The van der Waals surface area contributed by atoms with Gasteiger partial charge in [0, 0.05) is 56.8 Å². The van der Waals surface area contributed by atoms with Crippen LogP contribution in [0, 0.1) is 30.2 Å². The Balaban J connectivity index is 0.00000324. The van der Waals surface area contributed by atoms with E-state index in [2.05, 4.69) is 12.2 Å². The molecule has 36 heavy (non-hydrogen) atoms. The van der Waals surface area contributed by atoms with Crippen LogP contribution < -0.4 is 10.1 Å². The number of benzene rings is 1. The molecule has 1 heterocycles. The van der Waals surface area contributed by atoms with Crippen LogP contribution in [-0.4, -0.2) is 64.6 Å². The van der Waals surface area contributed by atoms with E-state index in [4.69, 9.17) is 14.2 Å². The molecule has 2 fully saturated rings. The van der Waals surface area contributed by atoms with E-state index >= 15 is 0 Å². The normalized spacial score (nSPS) is 28.4. The molecule has 1 saturated carbocycles. The molecule has 1 saturated heterocycles. The molecule has 6 atom stereocenters. The van der Waals surface area contributed by atoms with Gasteiger partial charge in [-0.3, -0.25) is 4.79 Å². The van der Waals surface area contributed by atoms with Crippen LogP contribution in [0.4, 0.5) is 4.39 Å². The number of aliphatic hydroxyl groups excluding tert-OH is 3. The van der Waals surface area contributed by atoms with E-state index in [9.17, 15) is 24.5 Å². The number of carbonyl (C=O) groups excluding carboxylic acids is 1. The first kappa shape index (κ1) is 33.7. The Bertz CT molecular complexity index is 939. The zero-order valence-corrected chi connectivity index (χ0v) is 25.4. The van der Waals surface area contributed by atoms with E-state index in [0.29, 0.717) is 5.56 Å². The number of rotatable bonds is 7. The number of ether oxygens (including phenoxy) is 3. The maximum absolute atomic E-state index is 14.6. The molecule has 1 aliphatic heterocycles. The number of hydrogen-bond donors (Lipinski definition) is 4. The zero-order valence-electron chi connectivity index (χ0n) is 21.1. The molecule has 1 amide bonds. The van der Waals surface area contributed by atoms with E-state index in [-0.39, 0.29) is 74.8 Å². The summed E-state index contributed by atoms with van der Waals surface area (Å²) in [4.78, 5) is 12.7. The first-order valence-electron chi connectivity index (χ1n) is 11.2. The third kappa shape index (κ3) is 7.39. The van der Waals surface area contributed by atoms with Gasteiger partial charge in [0.15, 0.2) is 5.82 Å². The first-order valence-corrected chi connectivity index (χ1v) is 11.2. The molecule has 1 aliphatic carbocycles. The van der Waals surface area contributed by atoms with Crippen molar-refractivity contribution in [3.8, 4) is 5.75 Å². The summed E-state index contributed by atoms with van der Waals surface area (Å²) >= 11 is 0. The third-order valence-electron chi connectivity index (χ3n) is 6.82. The van der Waals surface area contributed by atoms with Gasteiger partial charge in [-0.25, -0.2) is 4.39 Å². The largest absolute Gasteiger partial charge is 0.660 e. The van der Waals surface area contributed by atoms with Crippen molar-refractivity contribution >= 4 is 12.0 Å². The van der Waals surface area contributed by atoms with Gasteiger partial charge in [0.05, 0.1) is 6.04 Å². The molecule has 3 rings (SSSR count). The summed E-state index contributed by atoms with van der Waals surface area (Å²) in [6.45, 7) is 14.9. The second-order valence-electron chi connectivity index (χ2n) is 10.2. The maximum atomic E-state index is 14.6. The molecule has 0 aromatic heterocycles. The Kier molecular flexibility index (Phi) is 12.3. The van der Waals surface area contributed by atoms with Crippen LogP contribution in [0.3, 0.4) is 0 Å². The van der Waals surface area contributed by atoms with Crippen molar-refractivity contribution in [2.24, 2.45) is 10.8 Å². The van der Waals surface area contributed by atoms with Crippen LogP contribution in [0.25, 0.3) is 6.08 Å². The fraction of sp³-hybridized carbons (Fsp3) is 0.560. The monoisotopic (exact) mass is 619 g/mol. The number of hydrogen-bond acceptors (Lipinski definition) is 7. The number of nitrogens with one attached hydrogen (secondary N) is 1. The van der Waals surface area contributed by atoms with Gasteiger partial charge in [-0.2, -0.15) is 17.4 Å². The van der Waals surface area contributed by atoms with Gasteiger partial charge in [0.1, 0.15) is 43.1 Å². The van der Waals surface area contributed by atoms with E-state index in [0.717, 1.165) is 0 Å². The van der Waals surface area contributed by atoms with Crippen LogP contribution in [0.5, 0.6) is 5.75 Å². The molecule has 1 unspecified atom stereocenters. The molecule has 4 N–H and O–H groups in total. The Labute approximate surface area is 249 Å². The topological polar surface area (TPSA) is 117 Å². The molecule has 198 valence electrons. The third-order valence-corrected chi connectivity index (χ3v) is 6.82. The molecular formula is C25H34FNO7VY-2. The minimum Gasteiger partial charge on any atom is -0.660 e. The Morgan fingerprint density at radius 1 is 1.17 bits per heavy atom. The fourth-order valence-corrected chi connectivity index (χ4v) is 3.61. The number of carbonyl (C=O) groups is 1. The maximum Gasteiger partial charge on any atom is 0.247 e. The first-order chi connectivity index (χ1) is 15.7. The number of aliphatic hydroxyl groups is 3. The van der Waals surface area contributed by atoms with Crippen molar-refractivity contribution in [2.75, 3.05) is 6.79 Å². The molecule has 1 aromatic rings. The average Bonchev–Trinajstić information content (AvgIpc) is 3.24. The molecular weight excluding hydrogens is 585 g/mol. The smallest absolute Gasteiger partial charge is 0.247 e. The summed E-state index contributed by atoms with van der Waals surface area (Å²) in [6.07, 6.45) is -4.34. The van der Waals surface area contributed by atoms with E-state index in [1.54, 1.807) is 12.7 Å². The van der Waals surface area contributed by atoms with Crippen LogP contribution in [-0.2, 0) is 65.5 Å². The van der Waals surface area contributed by atoms with Crippen molar-refractivity contribution in [1.29, 1.82) is 0 Å². The van der Waals surface area contributed by atoms with Crippen LogP contribution in [0.15, 0.2) is 23.8 Å². The average molecular weight is 619 g/mol. The van der Waals surface area contributed by atoms with Crippen LogP contribution >= 0.6 is 0 Å². The van der Waals surface area contributed by atoms with Gasteiger partial charge < -0.3 is 41.8 Å². The molecule has 1 aromatic carbocycles. The fourth-order valence-electron chi connectivity index (χ4n) is 3.61. The zero-order chi connectivity index (χ0) is 25.4. The van der Waals surface area contributed by atoms with Crippen molar-refractivity contribution in [3.63, 3.8) is 0 Å².